The number of amides is 1. The molecule has 2 aromatic carbocycles. The maximum atomic E-state index is 14.0. The standard InChI is InChI=1S/C29H31F3N7O5P.Na/c1-3-44-45(42,43)17-18-5-7-20(8-6-18)35-28-33-14-23(29(30,31)32)26(37-28)36-24-10-9-21(22-16-38(2)27(41)25(22)24)19-13-34-39(15-19)11-4-12-40;/h5-10,13-15,40H,3-4,11-12,16-17H2,1-2H3,(H,42,43)(H2,33,35,36,37);/q;+1/p-1. The minimum atomic E-state index is -4.80. The molecule has 238 valence electrons. The summed E-state index contributed by atoms with van der Waals surface area (Å²) < 4.78 is 60.5. The fraction of sp³-hybridized carbons (Fsp3) is 0.310. The molecule has 1 atom stereocenters. The second-order valence-corrected chi connectivity index (χ2v) is 12.1. The fourth-order valence-corrected chi connectivity index (χ4v) is 6.09. The number of nitrogens with one attached hydrogen (secondary N) is 2. The number of aliphatic hydroxyl groups excluding tert-OH is 1. The van der Waals surface area contributed by atoms with E-state index in [-0.39, 0.29) is 78.6 Å². The normalized spacial score (nSPS) is 14.1. The van der Waals surface area contributed by atoms with Crippen LogP contribution < -0.4 is 45.1 Å². The summed E-state index contributed by atoms with van der Waals surface area (Å²) >= 11 is 0. The van der Waals surface area contributed by atoms with E-state index in [1.165, 1.54) is 11.0 Å². The van der Waals surface area contributed by atoms with E-state index in [1.807, 2.05) is 0 Å². The zero-order valence-electron chi connectivity index (χ0n) is 25.3. The molecular formula is C29H30F3N7NaO5P. The maximum Gasteiger partial charge on any atom is 1.00 e. The van der Waals surface area contributed by atoms with Crippen molar-refractivity contribution in [1.29, 1.82) is 0 Å². The van der Waals surface area contributed by atoms with Gasteiger partial charge in [-0.3, -0.25) is 9.48 Å². The smallest absolute Gasteiger partial charge is 0.778 e. The summed E-state index contributed by atoms with van der Waals surface area (Å²) in [5, 5.41) is 19.0. The van der Waals surface area contributed by atoms with Crippen molar-refractivity contribution in [2.75, 3.05) is 30.9 Å². The van der Waals surface area contributed by atoms with Crippen LogP contribution in [0.1, 0.15) is 40.4 Å². The first-order valence-electron chi connectivity index (χ1n) is 14.0. The van der Waals surface area contributed by atoms with Crippen molar-refractivity contribution >= 4 is 36.6 Å². The third kappa shape index (κ3) is 8.15. The molecule has 1 unspecified atom stereocenters. The second kappa shape index (κ2) is 14.6. The van der Waals surface area contributed by atoms with E-state index in [1.54, 1.807) is 61.4 Å². The molecule has 2 aromatic heterocycles. The van der Waals surface area contributed by atoms with Gasteiger partial charge in [-0.05, 0) is 48.2 Å². The molecule has 4 aromatic rings. The SMILES string of the molecule is CCOP(=O)([O-])Cc1ccc(Nc2ncc(C(F)(F)F)c(Nc3ccc(-c4cnn(CCCO)c4)c4c3C(=O)N(C)C4)n2)cc1.[Na+]. The first-order chi connectivity index (χ1) is 21.4. The molecular weight excluding hydrogens is 637 g/mol. The Morgan fingerprint density at radius 2 is 1.87 bits per heavy atom. The molecule has 0 aliphatic carbocycles. The average molecular weight is 668 g/mol. The van der Waals surface area contributed by atoms with Gasteiger partial charge in [0.1, 0.15) is 19.0 Å². The molecule has 0 saturated heterocycles. The number of halogens is 3. The van der Waals surface area contributed by atoms with Crippen molar-refractivity contribution in [2.45, 2.75) is 38.8 Å². The number of nitrogens with zero attached hydrogens (tertiary/aromatic N) is 5. The van der Waals surface area contributed by atoms with Crippen LogP contribution in [0.4, 0.5) is 36.3 Å². The van der Waals surface area contributed by atoms with Gasteiger partial charge in [0.25, 0.3) is 5.91 Å². The third-order valence-electron chi connectivity index (χ3n) is 7.02. The molecule has 17 heteroatoms. The van der Waals surface area contributed by atoms with Gasteiger partial charge in [0, 0.05) is 56.6 Å². The molecule has 0 fully saturated rings. The summed E-state index contributed by atoms with van der Waals surface area (Å²) in [6.45, 7) is 2.35. The van der Waals surface area contributed by atoms with E-state index >= 15 is 0 Å². The number of hydrogen-bond acceptors (Lipinski definition) is 10. The van der Waals surface area contributed by atoms with Crippen LogP contribution in [0.15, 0.2) is 55.0 Å². The van der Waals surface area contributed by atoms with E-state index in [0.717, 1.165) is 5.56 Å². The van der Waals surface area contributed by atoms with Crippen molar-refractivity contribution in [3.63, 3.8) is 0 Å². The number of rotatable bonds is 12. The topological polar surface area (TPSA) is 158 Å². The Labute approximate surface area is 284 Å². The van der Waals surface area contributed by atoms with E-state index < -0.39 is 25.2 Å². The molecule has 1 aliphatic heterocycles. The molecule has 0 bridgehead atoms. The van der Waals surface area contributed by atoms with Gasteiger partial charge in [-0.15, -0.1) is 0 Å². The number of carbonyl (C=O) groups is 1. The minimum Gasteiger partial charge on any atom is -0.778 e. The van der Waals surface area contributed by atoms with Crippen molar-refractivity contribution in [2.24, 2.45) is 0 Å². The number of aromatic nitrogens is 4. The van der Waals surface area contributed by atoms with Gasteiger partial charge in [-0.2, -0.15) is 23.3 Å². The second-order valence-electron chi connectivity index (χ2n) is 10.3. The summed E-state index contributed by atoms with van der Waals surface area (Å²) in [7, 11) is -2.44. The fourth-order valence-electron chi connectivity index (χ4n) is 4.95. The van der Waals surface area contributed by atoms with Crippen molar-refractivity contribution in [3.8, 4) is 11.1 Å². The van der Waals surface area contributed by atoms with E-state index in [9.17, 15) is 27.4 Å². The van der Waals surface area contributed by atoms with Crippen LogP contribution in [-0.2, 0) is 34.5 Å². The van der Waals surface area contributed by atoms with Gasteiger partial charge in [-0.1, -0.05) is 18.2 Å². The van der Waals surface area contributed by atoms with Crippen LogP contribution in [0.3, 0.4) is 0 Å². The predicted octanol–water partition coefficient (Wildman–Crippen LogP) is 1.91. The summed E-state index contributed by atoms with van der Waals surface area (Å²) in [6, 6.07) is 9.41. The van der Waals surface area contributed by atoms with Crippen LogP contribution in [0.5, 0.6) is 0 Å². The monoisotopic (exact) mass is 667 g/mol. The van der Waals surface area contributed by atoms with Gasteiger partial charge in [-0.25, -0.2) is 4.98 Å². The number of alkyl halides is 3. The van der Waals surface area contributed by atoms with Crippen molar-refractivity contribution in [3.05, 3.63) is 77.2 Å². The van der Waals surface area contributed by atoms with Gasteiger partial charge in [0.15, 0.2) is 0 Å². The number of carbonyl (C=O) groups excluding carboxylic acids is 1. The minimum absolute atomic E-state index is 0. The number of anilines is 4. The Bertz CT molecular complexity index is 1750. The van der Waals surface area contributed by atoms with Crippen LogP contribution in [0.2, 0.25) is 0 Å². The summed E-state index contributed by atoms with van der Waals surface area (Å²) in [5.41, 5.74) is 2.17. The molecule has 46 heavy (non-hydrogen) atoms. The Morgan fingerprint density at radius 1 is 1.13 bits per heavy atom. The number of fused-ring (bicyclic) bond motifs is 1. The molecule has 1 aliphatic rings. The third-order valence-corrected chi connectivity index (χ3v) is 8.42. The predicted molar refractivity (Wildman–Crippen MR) is 158 cm³/mol. The van der Waals surface area contributed by atoms with Crippen LogP contribution in [0, 0.1) is 0 Å². The Hall–Kier alpha value is -3.30. The number of aryl methyl sites for hydroxylation is 1. The van der Waals surface area contributed by atoms with E-state index in [4.69, 9.17) is 9.63 Å². The van der Waals surface area contributed by atoms with Crippen LogP contribution in [-0.4, -0.2) is 55.9 Å². The largest absolute Gasteiger partial charge is 1.00 e. The van der Waals surface area contributed by atoms with E-state index in [2.05, 4.69) is 25.7 Å². The molecule has 0 radical (unpaired) electrons. The summed E-state index contributed by atoms with van der Waals surface area (Å²) in [6.07, 6.45) is -0.526. The zero-order chi connectivity index (χ0) is 32.4. The quantitative estimate of drug-likeness (QED) is 0.151. The van der Waals surface area contributed by atoms with Gasteiger partial charge in [0.05, 0.1) is 24.1 Å². The van der Waals surface area contributed by atoms with Gasteiger partial charge < -0.3 is 34.6 Å². The van der Waals surface area contributed by atoms with Crippen molar-refractivity contribution in [1.82, 2.24) is 24.6 Å². The molecule has 0 spiro atoms. The Morgan fingerprint density at radius 3 is 2.54 bits per heavy atom. The van der Waals surface area contributed by atoms with Gasteiger partial charge in [0.2, 0.25) is 5.95 Å². The maximum absolute atomic E-state index is 14.0. The Balaban J connectivity index is 0.00000480. The summed E-state index contributed by atoms with van der Waals surface area (Å²) in [5.74, 6) is -1.08. The molecule has 3 N–H and O–H groups in total. The first-order valence-corrected chi connectivity index (χ1v) is 15.7. The molecule has 0 saturated carbocycles. The average Bonchev–Trinajstić information content (AvgIpc) is 3.56. The molecule has 3 heterocycles. The first kappa shape index (κ1) is 35.6. The van der Waals surface area contributed by atoms with Gasteiger partial charge >= 0.3 is 35.7 Å². The summed E-state index contributed by atoms with van der Waals surface area (Å²) in [4.78, 5) is 34.5. The number of benzene rings is 2. The number of aliphatic hydroxyl groups is 1. The zero-order valence-corrected chi connectivity index (χ0v) is 28.2. The van der Waals surface area contributed by atoms with Crippen molar-refractivity contribution < 1.29 is 66.6 Å². The van der Waals surface area contributed by atoms with Crippen LogP contribution in [0.25, 0.3) is 11.1 Å². The molecule has 12 nitrogen and oxygen atoms in total. The van der Waals surface area contributed by atoms with E-state index in [0.29, 0.717) is 41.5 Å². The van der Waals surface area contributed by atoms with Crippen LogP contribution >= 0.6 is 7.60 Å². The number of hydrogen-bond donors (Lipinski definition) is 3. The molecule has 1 amide bonds. The Kier molecular flexibility index (Phi) is 11.3. The molecule has 5 rings (SSSR count).